The molecule has 1 N–H and O–H groups in total. The maximum Gasteiger partial charge on any atom is 0.142 e. The lowest BCUT2D eigenvalue weighted by atomic mass is 10.2. The Labute approximate surface area is 99.0 Å². The standard InChI is InChI=1S/C11H16BrN3/c1-8-5-10(12)11(14-6-8)15(2)9-3-4-13-7-9/h5-6,9,13H,3-4,7H2,1-2H3. The summed E-state index contributed by atoms with van der Waals surface area (Å²) in [4.78, 5) is 6.73. The number of anilines is 1. The summed E-state index contributed by atoms with van der Waals surface area (Å²) in [5.74, 6) is 1.04. The Morgan fingerprint density at radius 3 is 3.00 bits per heavy atom. The van der Waals surface area contributed by atoms with Crippen molar-refractivity contribution in [2.24, 2.45) is 0 Å². The highest BCUT2D eigenvalue weighted by Crippen LogP contribution is 2.26. The molecule has 1 unspecified atom stereocenters. The first-order valence-electron chi connectivity index (χ1n) is 5.24. The van der Waals surface area contributed by atoms with Crippen LogP contribution in [0.15, 0.2) is 16.7 Å². The normalized spacial score (nSPS) is 20.6. The van der Waals surface area contributed by atoms with E-state index < -0.39 is 0 Å². The summed E-state index contributed by atoms with van der Waals surface area (Å²) in [6.07, 6.45) is 3.11. The summed E-state index contributed by atoms with van der Waals surface area (Å²) in [5, 5.41) is 3.37. The van der Waals surface area contributed by atoms with Crippen LogP contribution in [0.2, 0.25) is 0 Å². The van der Waals surface area contributed by atoms with Crippen molar-refractivity contribution in [3.05, 3.63) is 22.3 Å². The second-order valence-corrected chi connectivity index (χ2v) is 4.93. The zero-order chi connectivity index (χ0) is 10.8. The van der Waals surface area contributed by atoms with Crippen molar-refractivity contribution in [3.63, 3.8) is 0 Å². The van der Waals surface area contributed by atoms with E-state index in [0.717, 1.165) is 23.4 Å². The molecular weight excluding hydrogens is 254 g/mol. The molecule has 82 valence electrons. The zero-order valence-corrected chi connectivity index (χ0v) is 10.7. The van der Waals surface area contributed by atoms with Gasteiger partial charge in [-0.2, -0.15) is 0 Å². The number of halogens is 1. The van der Waals surface area contributed by atoms with Crippen LogP contribution in [0, 0.1) is 6.92 Å². The van der Waals surface area contributed by atoms with Crippen LogP contribution in [0.3, 0.4) is 0 Å². The van der Waals surface area contributed by atoms with Crippen LogP contribution in [-0.2, 0) is 0 Å². The molecule has 0 saturated carbocycles. The smallest absolute Gasteiger partial charge is 0.142 e. The van der Waals surface area contributed by atoms with Gasteiger partial charge in [0.05, 0.1) is 4.47 Å². The summed E-state index contributed by atoms with van der Waals surface area (Å²) in [7, 11) is 2.11. The van der Waals surface area contributed by atoms with Crippen LogP contribution in [0.4, 0.5) is 5.82 Å². The highest BCUT2D eigenvalue weighted by atomic mass is 79.9. The number of likely N-dealkylation sites (N-methyl/N-ethyl adjacent to an activating group) is 1. The van der Waals surface area contributed by atoms with Crippen LogP contribution in [-0.4, -0.2) is 31.2 Å². The van der Waals surface area contributed by atoms with Crippen LogP contribution in [0.5, 0.6) is 0 Å². The third kappa shape index (κ3) is 2.32. The highest BCUT2D eigenvalue weighted by molar-refractivity contribution is 9.10. The minimum absolute atomic E-state index is 0.566. The van der Waals surface area contributed by atoms with Crippen molar-refractivity contribution in [2.75, 3.05) is 25.0 Å². The van der Waals surface area contributed by atoms with Gasteiger partial charge in [-0.3, -0.25) is 0 Å². The fraction of sp³-hybridized carbons (Fsp3) is 0.545. The fourth-order valence-corrected chi connectivity index (χ4v) is 2.67. The van der Waals surface area contributed by atoms with Crippen molar-refractivity contribution in [1.82, 2.24) is 10.3 Å². The van der Waals surface area contributed by atoms with E-state index in [1.54, 1.807) is 0 Å². The molecule has 4 heteroatoms. The molecule has 1 fully saturated rings. The Balaban J connectivity index is 2.20. The molecule has 2 rings (SSSR count). The number of pyridine rings is 1. The van der Waals surface area contributed by atoms with E-state index in [2.05, 4.69) is 51.2 Å². The van der Waals surface area contributed by atoms with Crippen LogP contribution in [0.1, 0.15) is 12.0 Å². The zero-order valence-electron chi connectivity index (χ0n) is 9.13. The Morgan fingerprint density at radius 1 is 1.60 bits per heavy atom. The van der Waals surface area contributed by atoms with E-state index in [4.69, 9.17) is 0 Å². The van der Waals surface area contributed by atoms with Gasteiger partial charge in [0.15, 0.2) is 0 Å². The molecule has 0 spiro atoms. The highest BCUT2D eigenvalue weighted by Gasteiger charge is 2.21. The Bertz CT molecular complexity index is 348. The van der Waals surface area contributed by atoms with E-state index in [0.29, 0.717) is 6.04 Å². The van der Waals surface area contributed by atoms with Gasteiger partial charge in [-0.1, -0.05) is 0 Å². The van der Waals surface area contributed by atoms with Crippen LogP contribution < -0.4 is 10.2 Å². The van der Waals surface area contributed by atoms with E-state index in [-0.39, 0.29) is 0 Å². The molecule has 0 radical (unpaired) electrons. The van der Waals surface area contributed by atoms with E-state index >= 15 is 0 Å². The SMILES string of the molecule is Cc1cnc(N(C)C2CCNC2)c(Br)c1. The molecule has 1 aromatic heterocycles. The molecule has 1 aliphatic heterocycles. The van der Waals surface area contributed by atoms with Crippen LogP contribution in [0.25, 0.3) is 0 Å². The molecule has 0 amide bonds. The molecule has 3 nitrogen and oxygen atoms in total. The Kier molecular flexibility index (Phi) is 3.26. The molecule has 1 atom stereocenters. The van der Waals surface area contributed by atoms with E-state index in [1.165, 1.54) is 12.0 Å². The molecule has 0 bridgehead atoms. The lowest BCUT2D eigenvalue weighted by Gasteiger charge is -2.25. The van der Waals surface area contributed by atoms with Crippen molar-refractivity contribution in [2.45, 2.75) is 19.4 Å². The fourth-order valence-electron chi connectivity index (χ4n) is 1.93. The summed E-state index contributed by atoms with van der Waals surface area (Å²) >= 11 is 3.57. The molecule has 2 heterocycles. The first-order chi connectivity index (χ1) is 7.18. The largest absolute Gasteiger partial charge is 0.354 e. The third-order valence-electron chi connectivity index (χ3n) is 2.87. The minimum Gasteiger partial charge on any atom is -0.354 e. The first-order valence-corrected chi connectivity index (χ1v) is 6.03. The van der Waals surface area contributed by atoms with Gasteiger partial charge >= 0.3 is 0 Å². The third-order valence-corrected chi connectivity index (χ3v) is 3.46. The number of rotatable bonds is 2. The molecule has 15 heavy (non-hydrogen) atoms. The first kappa shape index (κ1) is 10.9. The molecule has 1 aromatic rings. The number of nitrogens with zero attached hydrogens (tertiary/aromatic N) is 2. The number of hydrogen-bond acceptors (Lipinski definition) is 3. The molecular formula is C11H16BrN3. The maximum absolute atomic E-state index is 4.47. The summed E-state index contributed by atoms with van der Waals surface area (Å²) < 4.78 is 1.08. The van der Waals surface area contributed by atoms with Crippen LogP contribution >= 0.6 is 15.9 Å². The van der Waals surface area contributed by atoms with E-state index in [1.807, 2.05) is 6.20 Å². The monoisotopic (exact) mass is 269 g/mol. The van der Waals surface area contributed by atoms with Gasteiger partial charge < -0.3 is 10.2 Å². The Hall–Kier alpha value is -0.610. The summed E-state index contributed by atoms with van der Waals surface area (Å²) in [5.41, 5.74) is 1.18. The molecule has 0 aliphatic carbocycles. The predicted molar refractivity (Wildman–Crippen MR) is 66.4 cm³/mol. The van der Waals surface area contributed by atoms with Gasteiger partial charge in [0.1, 0.15) is 5.82 Å². The number of aromatic nitrogens is 1. The number of aryl methyl sites for hydroxylation is 1. The minimum atomic E-state index is 0.566. The average molecular weight is 270 g/mol. The van der Waals surface area contributed by atoms with Gasteiger partial charge in [-0.25, -0.2) is 4.98 Å². The number of nitrogens with one attached hydrogen (secondary N) is 1. The molecule has 0 aromatic carbocycles. The van der Waals surface area contributed by atoms with Gasteiger partial charge in [-0.05, 0) is 47.4 Å². The summed E-state index contributed by atoms with van der Waals surface area (Å²) in [6.45, 7) is 4.22. The second kappa shape index (κ2) is 4.49. The van der Waals surface area contributed by atoms with Gasteiger partial charge in [0.2, 0.25) is 0 Å². The van der Waals surface area contributed by atoms with Gasteiger partial charge in [-0.15, -0.1) is 0 Å². The average Bonchev–Trinajstić information content (AvgIpc) is 2.69. The Morgan fingerprint density at radius 2 is 2.40 bits per heavy atom. The predicted octanol–water partition coefficient (Wildman–Crippen LogP) is 1.95. The summed E-state index contributed by atoms with van der Waals surface area (Å²) in [6, 6.07) is 2.68. The van der Waals surface area contributed by atoms with Crippen molar-refractivity contribution in [3.8, 4) is 0 Å². The van der Waals surface area contributed by atoms with Crippen molar-refractivity contribution < 1.29 is 0 Å². The van der Waals surface area contributed by atoms with Gasteiger partial charge in [0.25, 0.3) is 0 Å². The lowest BCUT2D eigenvalue weighted by molar-refractivity contribution is 0.676. The number of hydrogen-bond donors (Lipinski definition) is 1. The lowest BCUT2D eigenvalue weighted by Crippen LogP contribution is -2.34. The van der Waals surface area contributed by atoms with Gasteiger partial charge in [0, 0.05) is 25.8 Å². The quantitative estimate of drug-likeness (QED) is 0.890. The van der Waals surface area contributed by atoms with Crippen molar-refractivity contribution in [1.29, 1.82) is 0 Å². The topological polar surface area (TPSA) is 28.2 Å². The van der Waals surface area contributed by atoms with E-state index in [9.17, 15) is 0 Å². The molecule has 1 aliphatic rings. The maximum atomic E-state index is 4.47. The second-order valence-electron chi connectivity index (χ2n) is 4.08. The molecule has 1 saturated heterocycles. The van der Waals surface area contributed by atoms with Crippen molar-refractivity contribution >= 4 is 21.7 Å².